The number of nitrogens with zero attached hydrogens (tertiary/aromatic N) is 1. The molecule has 0 radical (unpaired) electrons. The van der Waals surface area contributed by atoms with E-state index in [2.05, 4.69) is 118 Å². The van der Waals surface area contributed by atoms with Crippen LogP contribution in [0.25, 0.3) is 40.9 Å². The Balaban J connectivity index is 0.000000617. The van der Waals surface area contributed by atoms with Crippen LogP contribution in [0.15, 0.2) is 79.9 Å². The molecular weight excluding hydrogens is 398 g/mol. The standard InChI is InChI=1S/C18H19N.C10H12.2C2H6/c1-5-8-11-14(4)19-17(7-3)15(6-2)16-12-9-10-13-18(16)19;1-3-9-7-5-6-8-10(9)4-2;2*1-2/h5-13H,1,4H2,2-3H3;3-8H,1-2H3;2*1-2H3/b11-8-,15-6-,17-7+;9-3-,10-4-;;. The summed E-state index contributed by atoms with van der Waals surface area (Å²) in [5.41, 5.74) is 2.12. The van der Waals surface area contributed by atoms with E-state index in [-0.39, 0.29) is 0 Å². The average molecular weight is 442 g/mol. The molecule has 0 aliphatic rings. The minimum absolute atomic E-state index is 0.942. The van der Waals surface area contributed by atoms with Crippen LogP contribution in [-0.4, -0.2) is 4.57 Å². The Labute approximate surface area is 201 Å². The smallest absolute Gasteiger partial charge is 0.0540 e. The first-order valence-electron chi connectivity index (χ1n) is 12.0. The zero-order valence-electron chi connectivity index (χ0n) is 22.0. The molecule has 0 aliphatic carbocycles. The highest BCUT2D eigenvalue weighted by Gasteiger charge is 2.06. The highest BCUT2D eigenvalue weighted by Crippen LogP contribution is 2.13. The zero-order chi connectivity index (χ0) is 25.2. The minimum atomic E-state index is 0.942. The van der Waals surface area contributed by atoms with Crippen molar-refractivity contribution in [2.24, 2.45) is 0 Å². The van der Waals surface area contributed by atoms with Crippen molar-refractivity contribution >= 4 is 40.9 Å². The summed E-state index contributed by atoms with van der Waals surface area (Å²) >= 11 is 0. The van der Waals surface area contributed by atoms with Crippen LogP contribution < -0.4 is 21.0 Å². The zero-order valence-corrected chi connectivity index (χ0v) is 22.0. The fourth-order valence-electron chi connectivity index (χ4n) is 3.47. The average Bonchev–Trinajstić information content (AvgIpc) is 3.23. The Morgan fingerprint density at radius 1 is 0.727 bits per heavy atom. The molecule has 0 amide bonds. The fraction of sp³-hybridized carbons (Fsp3) is 0.250. The summed E-state index contributed by atoms with van der Waals surface area (Å²) < 4.78 is 2.19. The summed E-state index contributed by atoms with van der Waals surface area (Å²) in [6, 6.07) is 16.8. The van der Waals surface area contributed by atoms with Crippen LogP contribution in [-0.2, 0) is 0 Å². The highest BCUT2D eigenvalue weighted by atomic mass is 15.0. The third-order valence-electron chi connectivity index (χ3n) is 4.84. The van der Waals surface area contributed by atoms with Gasteiger partial charge in [-0.2, -0.15) is 0 Å². The molecule has 0 fully saturated rings. The normalized spacial score (nSPS) is 12.5. The largest absolute Gasteiger partial charge is 0.310 e. The summed E-state index contributed by atoms with van der Waals surface area (Å²) in [4.78, 5) is 0. The first-order valence-corrected chi connectivity index (χ1v) is 12.0. The van der Waals surface area contributed by atoms with Crippen LogP contribution in [0.2, 0.25) is 0 Å². The Morgan fingerprint density at radius 2 is 1.24 bits per heavy atom. The van der Waals surface area contributed by atoms with E-state index in [1.54, 1.807) is 6.08 Å². The lowest BCUT2D eigenvalue weighted by molar-refractivity contribution is 1.11. The molecule has 3 aromatic rings. The van der Waals surface area contributed by atoms with E-state index in [0.29, 0.717) is 0 Å². The summed E-state index contributed by atoms with van der Waals surface area (Å²) in [6.07, 6.45) is 14.2. The second-order valence-corrected chi connectivity index (χ2v) is 6.52. The van der Waals surface area contributed by atoms with Crippen LogP contribution in [0.4, 0.5) is 0 Å². The van der Waals surface area contributed by atoms with Crippen molar-refractivity contribution in [2.45, 2.75) is 55.4 Å². The maximum atomic E-state index is 4.16. The van der Waals surface area contributed by atoms with Gasteiger partial charge in [-0.25, -0.2) is 0 Å². The maximum absolute atomic E-state index is 4.16. The molecule has 33 heavy (non-hydrogen) atoms. The molecule has 1 heterocycles. The van der Waals surface area contributed by atoms with Crippen molar-refractivity contribution in [3.63, 3.8) is 0 Å². The molecule has 0 N–H and O–H groups in total. The van der Waals surface area contributed by atoms with Gasteiger partial charge in [-0.15, -0.1) is 0 Å². The number of hydrogen-bond donors (Lipinski definition) is 0. The molecule has 2 aromatic carbocycles. The van der Waals surface area contributed by atoms with Gasteiger partial charge in [0.05, 0.1) is 5.52 Å². The van der Waals surface area contributed by atoms with E-state index in [1.165, 1.54) is 31.9 Å². The van der Waals surface area contributed by atoms with Gasteiger partial charge in [0.15, 0.2) is 0 Å². The molecule has 0 bridgehead atoms. The second kappa shape index (κ2) is 17.3. The van der Waals surface area contributed by atoms with Gasteiger partial charge in [0.1, 0.15) is 0 Å². The molecule has 3 rings (SSSR count). The lowest BCUT2D eigenvalue weighted by atomic mass is 10.2. The Morgan fingerprint density at radius 3 is 1.70 bits per heavy atom. The first-order chi connectivity index (χ1) is 16.1. The Kier molecular flexibility index (Phi) is 15.5. The molecular formula is C32H43N. The van der Waals surface area contributed by atoms with Crippen LogP contribution in [0, 0.1) is 0 Å². The molecule has 0 unspecified atom stereocenters. The summed E-state index contributed by atoms with van der Waals surface area (Å²) in [6.45, 7) is 24.1. The lowest BCUT2D eigenvalue weighted by Crippen LogP contribution is -2.27. The van der Waals surface area contributed by atoms with E-state index in [4.69, 9.17) is 0 Å². The maximum Gasteiger partial charge on any atom is 0.0540 e. The van der Waals surface area contributed by atoms with Crippen LogP contribution >= 0.6 is 0 Å². The molecule has 0 saturated heterocycles. The van der Waals surface area contributed by atoms with Gasteiger partial charge in [-0.1, -0.05) is 120 Å². The van der Waals surface area contributed by atoms with Gasteiger partial charge in [-0.05, 0) is 50.3 Å². The van der Waals surface area contributed by atoms with Crippen molar-refractivity contribution in [1.29, 1.82) is 0 Å². The van der Waals surface area contributed by atoms with E-state index >= 15 is 0 Å². The molecule has 1 nitrogen and oxygen atoms in total. The first kappa shape index (κ1) is 29.7. The van der Waals surface area contributed by atoms with Crippen molar-refractivity contribution in [1.82, 2.24) is 4.57 Å². The third-order valence-corrected chi connectivity index (χ3v) is 4.84. The van der Waals surface area contributed by atoms with Gasteiger partial charge < -0.3 is 4.57 Å². The predicted molar refractivity (Wildman–Crippen MR) is 155 cm³/mol. The van der Waals surface area contributed by atoms with E-state index in [0.717, 1.165) is 5.70 Å². The molecule has 1 aromatic heterocycles. The minimum Gasteiger partial charge on any atom is -0.310 e. The van der Waals surface area contributed by atoms with Crippen LogP contribution in [0.3, 0.4) is 0 Å². The number of para-hydroxylation sites is 1. The number of benzene rings is 2. The number of rotatable bonds is 3. The van der Waals surface area contributed by atoms with Gasteiger partial charge in [-0.3, -0.25) is 0 Å². The fourth-order valence-corrected chi connectivity index (χ4v) is 3.47. The molecule has 176 valence electrons. The molecule has 0 spiro atoms. The topological polar surface area (TPSA) is 4.93 Å². The third kappa shape index (κ3) is 7.95. The van der Waals surface area contributed by atoms with Gasteiger partial charge >= 0.3 is 0 Å². The van der Waals surface area contributed by atoms with Crippen molar-refractivity contribution in [3.05, 3.63) is 101 Å². The highest BCUT2D eigenvalue weighted by molar-refractivity contribution is 5.86. The van der Waals surface area contributed by atoms with E-state index in [9.17, 15) is 0 Å². The van der Waals surface area contributed by atoms with Crippen molar-refractivity contribution in [2.75, 3.05) is 0 Å². The van der Waals surface area contributed by atoms with Crippen LogP contribution in [0.5, 0.6) is 0 Å². The Hall–Kier alpha value is -3.32. The van der Waals surface area contributed by atoms with Gasteiger partial charge in [0, 0.05) is 21.7 Å². The quantitative estimate of drug-likeness (QED) is 0.394. The summed E-state index contributed by atoms with van der Waals surface area (Å²) in [7, 11) is 0. The molecule has 1 heteroatoms. The number of aromatic nitrogens is 1. The lowest BCUT2D eigenvalue weighted by Gasteiger charge is -2.05. The monoisotopic (exact) mass is 441 g/mol. The predicted octanol–water partition coefficient (Wildman–Crippen LogP) is 6.79. The molecule has 0 atom stereocenters. The van der Waals surface area contributed by atoms with Crippen LogP contribution in [0.1, 0.15) is 55.4 Å². The molecule has 0 aliphatic heterocycles. The second-order valence-electron chi connectivity index (χ2n) is 6.52. The summed E-state index contributed by atoms with van der Waals surface area (Å²) in [5, 5.41) is 6.31. The number of allylic oxidation sites excluding steroid dienone is 4. The Bertz CT molecular complexity index is 1230. The van der Waals surface area contributed by atoms with Gasteiger partial charge in [0.2, 0.25) is 0 Å². The van der Waals surface area contributed by atoms with E-state index in [1.807, 2.05) is 39.8 Å². The number of fused-ring (bicyclic) bond motifs is 1. The molecule has 0 saturated carbocycles. The van der Waals surface area contributed by atoms with Crippen molar-refractivity contribution < 1.29 is 0 Å². The summed E-state index contributed by atoms with van der Waals surface area (Å²) in [5.74, 6) is 0. The number of hydrogen-bond acceptors (Lipinski definition) is 0. The van der Waals surface area contributed by atoms with Crippen molar-refractivity contribution in [3.8, 4) is 0 Å². The van der Waals surface area contributed by atoms with E-state index < -0.39 is 0 Å². The van der Waals surface area contributed by atoms with Gasteiger partial charge in [0.25, 0.3) is 0 Å². The SMILES string of the molecule is C/C=c1/cccc/c1=C/C.C=C/C=C\C(=C)n1c(=C/C)/c(=C\C)c2ccccc21.CC.CC.